The predicted molar refractivity (Wildman–Crippen MR) is 114 cm³/mol. The molecule has 1 fully saturated rings. The van der Waals surface area contributed by atoms with E-state index in [1.807, 2.05) is 0 Å². The van der Waals surface area contributed by atoms with Crippen LogP contribution >= 0.6 is 27.5 Å². The van der Waals surface area contributed by atoms with Gasteiger partial charge in [0.1, 0.15) is 11.9 Å². The topological polar surface area (TPSA) is 66.5 Å². The molecule has 0 radical (unpaired) electrons. The average Bonchev–Trinajstić information content (AvgIpc) is 3.01. The van der Waals surface area contributed by atoms with E-state index in [9.17, 15) is 17.6 Å². The number of nitrogens with one attached hydrogen (secondary N) is 1. The van der Waals surface area contributed by atoms with Crippen molar-refractivity contribution in [1.82, 2.24) is 4.72 Å². The van der Waals surface area contributed by atoms with E-state index in [1.54, 1.807) is 30.3 Å². The van der Waals surface area contributed by atoms with Crippen LogP contribution in [-0.4, -0.2) is 26.9 Å². The maximum Gasteiger partial charge on any atom is 0.245 e. The lowest BCUT2D eigenvalue weighted by molar-refractivity contribution is -0.118. The van der Waals surface area contributed by atoms with Gasteiger partial charge in [-0.25, -0.2) is 12.8 Å². The zero-order chi connectivity index (χ0) is 20.8. The second-order valence-electron chi connectivity index (χ2n) is 6.70. The summed E-state index contributed by atoms with van der Waals surface area (Å²) in [7, 11) is -3.93. The molecule has 0 spiro atoms. The van der Waals surface area contributed by atoms with Crippen LogP contribution in [0.25, 0.3) is 10.8 Å². The van der Waals surface area contributed by atoms with E-state index in [-0.39, 0.29) is 23.5 Å². The predicted octanol–water partition coefficient (Wildman–Crippen LogP) is 4.48. The van der Waals surface area contributed by atoms with Crippen molar-refractivity contribution >= 4 is 59.9 Å². The van der Waals surface area contributed by atoms with Gasteiger partial charge in [0.15, 0.2) is 0 Å². The summed E-state index contributed by atoms with van der Waals surface area (Å²) in [6.45, 7) is 0.223. The highest BCUT2D eigenvalue weighted by Gasteiger charge is 2.36. The number of anilines is 1. The average molecular weight is 498 g/mol. The van der Waals surface area contributed by atoms with Crippen LogP contribution in [-0.2, 0) is 14.8 Å². The number of fused-ring (bicyclic) bond motifs is 1. The standard InChI is InChI=1S/C20H15BrClFN2O3S/c21-14-3-6-19(17(23)11-14)25-8-7-18(20(25)26)24-29(27,28)16-5-2-12-9-15(22)4-1-13(12)10-16/h1-6,9-11,18,24H,7-8H2. The van der Waals surface area contributed by atoms with Gasteiger partial charge < -0.3 is 4.90 Å². The second-order valence-corrected chi connectivity index (χ2v) is 9.77. The van der Waals surface area contributed by atoms with Gasteiger partial charge in [-0.2, -0.15) is 4.72 Å². The molecule has 0 aliphatic carbocycles. The zero-order valence-electron chi connectivity index (χ0n) is 14.9. The molecule has 5 nitrogen and oxygen atoms in total. The van der Waals surface area contributed by atoms with Crippen molar-refractivity contribution in [1.29, 1.82) is 0 Å². The molecule has 9 heteroatoms. The number of hydrogen-bond donors (Lipinski definition) is 1. The molecule has 0 saturated carbocycles. The minimum Gasteiger partial charge on any atom is -0.308 e. The number of halogens is 3. The van der Waals surface area contributed by atoms with E-state index in [2.05, 4.69) is 20.7 Å². The Balaban J connectivity index is 1.57. The summed E-state index contributed by atoms with van der Waals surface area (Å²) in [4.78, 5) is 14.0. The first-order valence-corrected chi connectivity index (χ1v) is 11.4. The third kappa shape index (κ3) is 4.02. The number of sulfonamides is 1. The van der Waals surface area contributed by atoms with E-state index < -0.39 is 27.8 Å². The van der Waals surface area contributed by atoms with Crippen LogP contribution in [0.5, 0.6) is 0 Å². The SMILES string of the molecule is O=C1C(NS(=O)(=O)c2ccc3cc(Cl)ccc3c2)CCN1c1ccc(Br)cc1F. The summed E-state index contributed by atoms with van der Waals surface area (Å²) in [6, 6.07) is 13.2. The van der Waals surface area contributed by atoms with Gasteiger partial charge in [-0.3, -0.25) is 4.79 Å². The van der Waals surface area contributed by atoms with Crippen molar-refractivity contribution in [3.05, 3.63) is 69.9 Å². The molecule has 1 aliphatic rings. The first-order valence-electron chi connectivity index (χ1n) is 8.73. The fourth-order valence-electron chi connectivity index (χ4n) is 3.35. The lowest BCUT2D eigenvalue weighted by Crippen LogP contribution is -2.41. The van der Waals surface area contributed by atoms with Gasteiger partial charge in [-0.1, -0.05) is 39.7 Å². The molecule has 1 N–H and O–H groups in total. The zero-order valence-corrected chi connectivity index (χ0v) is 18.1. The molecule has 1 unspecified atom stereocenters. The molecule has 3 aromatic rings. The van der Waals surface area contributed by atoms with Crippen molar-refractivity contribution in [3.63, 3.8) is 0 Å². The second kappa shape index (κ2) is 7.68. The Bertz CT molecular complexity index is 1240. The number of rotatable bonds is 4. The number of carbonyl (C=O) groups excluding carboxylic acids is 1. The Kier molecular flexibility index (Phi) is 5.37. The van der Waals surface area contributed by atoms with Crippen molar-refractivity contribution in [3.8, 4) is 0 Å². The van der Waals surface area contributed by atoms with E-state index in [0.717, 1.165) is 5.39 Å². The Morgan fingerprint density at radius 3 is 2.55 bits per heavy atom. The van der Waals surface area contributed by atoms with Gasteiger partial charge in [-0.15, -0.1) is 0 Å². The monoisotopic (exact) mass is 496 g/mol. The molecule has 0 bridgehead atoms. The Labute approximate surface area is 180 Å². The van der Waals surface area contributed by atoms with Gasteiger partial charge in [0.2, 0.25) is 15.9 Å². The number of nitrogens with zero attached hydrogens (tertiary/aromatic N) is 1. The summed E-state index contributed by atoms with van der Waals surface area (Å²) in [5.74, 6) is -1.04. The molecular formula is C20H15BrClFN2O3S. The largest absolute Gasteiger partial charge is 0.308 e. The number of benzene rings is 3. The molecule has 1 heterocycles. The molecule has 150 valence electrons. The summed E-state index contributed by atoms with van der Waals surface area (Å²) >= 11 is 9.14. The van der Waals surface area contributed by atoms with E-state index in [4.69, 9.17) is 11.6 Å². The molecule has 0 aromatic heterocycles. The van der Waals surface area contributed by atoms with Crippen molar-refractivity contribution in [2.75, 3.05) is 11.4 Å². The number of hydrogen-bond acceptors (Lipinski definition) is 3. The molecule has 29 heavy (non-hydrogen) atoms. The normalized spacial score (nSPS) is 17.3. The van der Waals surface area contributed by atoms with E-state index in [1.165, 1.54) is 29.2 Å². The molecular weight excluding hydrogens is 483 g/mol. The van der Waals surface area contributed by atoms with Crippen LogP contribution < -0.4 is 9.62 Å². The van der Waals surface area contributed by atoms with Gasteiger partial charge in [-0.05, 0) is 59.7 Å². The summed E-state index contributed by atoms with van der Waals surface area (Å²) in [5, 5.41) is 2.09. The van der Waals surface area contributed by atoms with Crippen LogP contribution in [0.4, 0.5) is 10.1 Å². The van der Waals surface area contributed by atoms with Crippen LogP contribution in [0.1, 0.15) is 6.42 Å². The minimum absolute atomic E-state index is 0.0494. The first-order chi connectivity index (χ1) is 13.7. The molecule has 1 aliphatic heterocycles. The highest BCUT2D eigenvalue weighted by Crippen LogP contribution is 2.28. The molecule has 3 aromatic carbocycles. The molecule has 1 amide bonds. The van der Waals surface area contributed by atoms with Crippen molar-refractivity contribution in [2.24, 2.45) is 0 Å². The van der Waals surface area contributed by atoms with E-state index >= 15 is 0 Å². The maximum absolute atomic E-state index is 14.2. The Morgan fingerprint density at radius 2 is 1.79 bits per heavy atom. The third-order valence-corrected chi connectivity index (χ3v) is 6.99. The summed E-state index contributed by atoms with van der Waals surface area (Å²) in [6.07, 6.45) is 0.247. The number of amides is 1. The smallest absolute Gasteiger partial charge is 0.245 e. The number of carbonyl (C=O) groups is 1. The highest BCUT2D eigenvalue weighted by atomic mass is 79.9. The van der Waals surface area contributed by atoms with Gasteiger partial charge >= 0.3 is 0 Å². The van der Waals surface area contributed by atoms with Crippen LogP contribution in [0.2, 0.25) is 5.02 Å². The molecule has 1 atom stereocenters. The quantitative estimate of drug-likeness (QED) is 0.578. The Hall–Kier alpha value is -2.00. The minimum atomic E-state index is -3.93. The van der Waals surface area contributed by atoms with Gasteiger partial charge in [0.25, 0.3) is 0 Å². The molecule has 1 saturated heterocycles. The van der Waals surface area contributed by atoms with Crippen LogP contribution in [0.3, 0.4) is 0 Å². The van der Waals surface area contributed by atoms with Crippen LogP contribution in [0, 0.1) is 5.82 Å². The van der Waals surface area contributed by atoms with Gasteiger partial charge in [0.05, 0.1) is 10.6 Å². The van der Waals surface area contributed by atoms with E-state index in [0.29, 0.717) is 14.9 Å². The summed E-state index contributed by atoms with van der Waals surface area (Å²) in [5.41, 5.74) is 0.127. The fraction of sp³-hybridized carbons (Fsp3) is 0.150. The van der Waals surface area contributed by atoms with Crippen LogP contribution in [0.15, 0.2) is 64.0 Å². The van der Waals surface area contributed by atoms with Gasteiger partial charge in [0, 0.05) is 16.0 Å². The fourth-order valence-corrected chi connectivity index (χ4v) is 5.12. The lowest BCUT2D eigenvalue weighted by Gasteiger charge is -2.18. The van der Waals surface area contributed by atoms with Crippen molar-refractivity contribution < 1.29 is 17.6 Å². The summed E-state index contributed by atoms with van der Waals surface area (Å²) < 4.78 is 42.8. The van der Waals surface area contributed by atoms with Crippen molar-refractivity contribution in [2.45, 2.75) is 17.4 Å². The first kappa shape index (κ1) is 20.3. The highest BCUT2D eigenvalue weighted by molar-refractivity contribution is 9.10. The maximum atomic E-state index is 14.2. The Morgan fingerprint density at radius 1 is 1.07 bits per heavy atom. The lowest BCUT2D eigenvalue weighted by atomic mass is 10.1. The third-order valence-electron chi connectivity index (χ3n) is 4.79. The molecule has 4 rings (SSSR count).